The Morgan fingerprint density at radius 1 is 1.22 bits per heavy atom. The van der Waals surface area contributed by atoms with Crippen molar-refractivity contribution in [1.82, 2.24) is 0 Å². The third-order valence-electron chi connectivity index (χ3n) is 3.09. The normalized spacial score (nSPS) is 15.2. The quantitative estimate of drug-likeness (QED) is 0.753. The van der Waals surface area contributed by atoms with E-state index in [1.807, 2.05) is 6.08 Å². The number of halogens is 2. The average Bonchev–Trinajstić information content (AvgIpc) is 2.42. The summed E-state index contributed by atoms with van der Waals surface area (Å²) in [6.45, 7) is 0. The third kappa shape index (κ3) is 2.55. The summed E-state index contributed by atoms with van der Waals surface area (Å²) in [5.41, 5.74) is 1.29. The van der Waals surface area contributed by atoms with E-state index in [9.17, 15) is 4.79 Å². The zero-order valence-electron chi connectivity index (χ0n) is 10.1. The number of Topliss-reactive ketones (excluding diaryl/α,β-unsaturated/α-hetero) is 1. The van der Waals surface area contributed by atoms with Gasteiger partial charge < -0.3 is 4.74 Å². The Balaban J connectivity index is 2.36. The zero-order valence-corrected chi connectivity index (χ0v) is 11.6. The molecule has 96 valence electrons. The molecular weight excluding hydrogens is 271 g/mol. The molecule has 18 heavy (non-hydrogen) atoms. The van der Waals surface area contributed by atoms with Crippen LogP contribution in [-0.4, -0.2) is 12.9 Å². The number of hydrogen-bond donors (Lipinski definition) is 0. The maximum atomic E-state index is 12.3. The molecule has 0 radical (unpaired) electrons. The summed E-state index contributed by atoms with van der Waals surface area (Å²) >= 11 is 12.2. The van der Waals surface area contributed by atoms with Crippen molar-refractivity contribution in [3.8, 4) is 5.75 Å². The molecule has 0 spiro atoms. The molecule has 0 unspecified atom stereocenters. The lowest BCUT2D eigenvalue weighted by Gasteiger charge is -2.13. The van der Waals surface area contributed by atoms with Gasteiger partial charge in [-0.1, -0.05) is 29.3 Å². The van der Waals surface area contributed by atoms with E-state index in [0.29, 0.717) is 16.3 Å². The fourth-order valence-corrected chi connectivity index (χ4v) is 2.57. The van der Waals surface area contributed by atoms with Crippen LogP contribution in [0.4, 0.5) is 0 Å². The van der Waals surface area contributed by atoms with Gasteiger partial charge in [-0.2, -0.15) is 0 Å². The number of carbonyl (C=O) groups excluding carboxylic acids is 1. The molecule has 0 aliphatic heterocycles. The van der Waals surface area contributed by atoms with E-state index in [-0.39, 0.29) is 10.8 Å². The highest BCUT2D eigenvalue weighted by Crippen LogP contribution is 2.36. The van der Waals surface area contributed by atoms with Crippen molar-refractivity contribution in [2.24, 2.45) is 0 Å². The maximum absolute atomic E-state index is 12.3. The minimum Gasteiger partial charge on any atom is -0.495 e. The summed E-state index contributed by atoms with van der Waals surface area (Å²) in [5, 5.41) is 0.564. The smallest absolute Gasteiger partial charge is 0.190 e. The Morgan fingerprint density at radius 3 is 2.61 bits per heavy atom. The summed E-state index contributed by atoms with van der Waals surface area (Å²) in [4.78, 5) is 12.3. The second-order valence-electron chi connectivity index (χ2n) is 4.25. The van der Waals surface area contributed by atoms with E-state index in [0.717, 1.165) is 31.3 Å². The van der Waals surface area contributed by atoms with Gasteiger partial charge in [-0.3, -0.25) is 4.79 Å². The molecule has 2 rings (SSSR count). The van der Waals surface area contributed by atoms with E-state index in [1.54, 1.807) is 12.1 Å². The molecule has 0 saturated heterocycles. The number of ether oxygens (including phenoxy) is 1. The van der Waals surface area contributed by atoms with Crippen LogP contribution in [0.2, 0.25) is 10.0 Å². The van der Waals surface area contributed by atoms with Crippen molar-refractivity contribution in [3.05, 3.63) is 39.4 Å². The molecule has 2 nitrogen and oxygen atoms in total. The lowest BCUT2D eigenvalue weighted by Crippen LogP contribution is -2.07. The van der Waals surface area contributed by atoms with Crippen LogP contribution in [0.25, 0.3) is 0 Å². The maximum Gasteiger partial charge on any atom is 0.190 e. The standard InChI is InChI=1S/C14H14Cl2O2/c1-18-11-8-7-10(12(15)13(11)16)14(17)9-5-3-2-4-6-9/h5,7-8H,2-4,6H2,1H3. The van der Waals surface area contributed by atoms with Gasteiger partial charge in [0.2, 0.25) is 0 Å². The summed E-state index contributed by atoms with van der Waals surface area (Å²) in [6, 6.07) is 3.34. The number of benzene rings is 1. The number of allylic oxidation sites excluding steroid dienone is 2. The number of methoxy groups -OCH3 is 1. The Labute approximate surface area is 117 Å². The summed E-state index contributed by atoms with van der Waals surface area (Å²) in [7, 11) is 1.52. The number of hydrogen-bond acceptors (Lipinski definition) is 2. The monoisotopic (exact) mass is 284 g/mol. The van der Waals surface area contributed by atoms with Crippen LogP contribution in [0.3, 0.4) is 0 Å². The van der Waals surface area contributed by atoms with Gasteiger partial charge in [0.05, 0.1) is 12.1 Å². The predicted octanol–water partition coefficient (Wildman–Crippen LogP) is 4.69. The lowest BCUT2D eigenvalue weighted by atomic mass is 9.93. The molecule has 0 heterocycles. The minimum atomic E-state index is -0.0238. The molecule has 0 amide bonds. The zero-order chi connectivity index (χ0) is 13.1. The SMILES string of the molecule is COc1ccc(C(=O)C2=CCCCC2)c(Cl)c1Cl. The van der Waals surface area contributed by atoms with E-state index >= 15 is 0 Å². The van der Waals surface area contributed by atoms with Gasteiger partial charge in [0.25, 0.3) is 0 Å². The summed E-state index contributed by atoms with van der Waals surface area (Å²) < 4.78 is 5.06. The molecule has 1 aromatic carbocycles. The first-order chi connectivity index (χ1) is 8.65. The van der Waals surface area contributed by atoms with Crippen LogP contribution >= 0.6 is 23.2 Å². The van der Waals surface area contributed by atoms with E-state index in [2.05, 4.69) is 0 Å². The van der Waals surface area contributed by atoms with Crippen molar-refractivity contribution < 1.29 is 9.53 Å². The Morgan fingerprint density at radius 2 is 2.00 bits per heavy atom. The number of carbonyl (C=O) groups is 1. The Bertz CT molecular complexity index is 507. The molecule has 0 N–H and O–H groups in total. The van der Waals surface area contributed by atoms with Gasteiger partial charge in [0, 0.05) is 5.56 Å². The average molecular weight is 285 g/mol. The van der Waals surface area contributed by atoms with Gasteiger partial charge in [-0.15, -0.1) is 0 Å². The molecule has 0 bridgehead atoms. The van der Waals surface area contributed by atoms with Crippen molar-refractivity contribution in [2.75, 3.05) is 7.11 Å². The van der Waals surface area contributed by atoms with Gasteiger partial charge in [-0.05, 0) is 43.4 Å². The lowest BCUT2D eigenvalue weighted by molar-refractivity contribution is 0.102. The number of rotatable bonds is 3. The van der Waals surface area contributed by atoms with Crippen LogP contribution < -0.4 is 4.74 Å². The molecule has 1 aliphatic carbocycles. The molecule has 0 fully saturated rings. The van der Waals surface area contributed by atoms with Crippen molar-refractivity contribution in [1.29, 1.82) is 0 Å². The molecule has 0 aromatic heterocycles. The van der Waals surface area contributed by atoms with Crippen LogP contribution in [-0.2, 0) is 0 Å². The van der Waals surface area contributed by atoms with Gasteiger partial charge in [0.1, 0.15) is 10.8 Å². The van der Waals surface area contributed by atoms with Crippen LogP contribution in [0.15, 0.2) is 23.8 Å². The van der Waals surface area contributed by atoms with E-state index in [4.69, 9.17) is 27.9 Å². The van der Waals surface area contributed by atoms with Gasteiger partial charge >= 0.3 is 0 Å². The fraction of sp³-hybridized carbons (Fsp3) is 0.357. The molecule has 4 heteroatoms. The second-order valence-corrected chi connectivity index (χ2v) is 5.00. The van der Waals surface area contributed by atoms with Crippen LogP contribution in [0, 0.1) is 0 Å². The van der Waals surface area contributed by atoms with E-state index < -0.39 is 0 Å². The van der Waals surface area contributed by atoms with Gasteiger partial charge in [0.15, 0.2) is 5.78 Å². The third-order valence-corrected chi connectivity index (χ3v) is 3.96. The van der Waals surface area contributed by atoms with Gasteiger partial charge in [-0.25, -0.2) is 0 Å². The first-order valence-corrected chi connectivity index (χ1v) is 6.66. The summed E-state index contributed by atoms with van der Waals surface area (Å²) in [5.74, 6) is 0.458. The molecule has 1 aromatic rings. The Kier molecular flexibility index (Phi) is 4.31. The molecule has 0 saturated carbocycles. The summed E-state index contributed by atoms with van der Waals surface area (Å²) in [6.07, 6.45) is 5.98. The molecular formula is C14H14Cl2O2. The Hall–Kier alpha value is -0.990. The highest BCUT2D eigenvalue weighted by Gasteiger charge is 2.20. The first-order valence-electron chi connectivity index (χ1n) is 5.91. The van der Waals surface area contributed by atoms with Crippen LogP contribution in [0.5, 0.6) is 5.75 Å². The van der Waals surface area contributed by atoms with Crippen molar-refractivity contribution in [2.45, 2.75) is 25.7 Å². The minimum absolute atomic E-state index is 0.0238. The fourth-order valence-electron chi connectivity index (χ4n) is 2.08. The van der Waals surface area contributed by atoms with E-state index in [1.165, 1.54) is 7.11 Å². The highest BCUT2D eigenvalue weighted by molar-refractivity contribution is 6.45. The number of ketones is 1. The van der Waals surface area contributed by atoms with Crippen molar-refractivity contribution >= 4 is 29.0 Å². The first kappa shape index (κ1) is 13.4. The highest BCUT2D eigenvalue weighted by atomic mass is 35.5. The second kappa shape index (κ2) is 5.77. The largest absolute Gasteiger partial charge is 0.495 e. The van der Waals surface area contributed by atoms with Crippen molar-refractivity contribution in [3.63, 3.8) is 0 Å². The topological polar surface area (TPSA) is 26.3 Å². The van der Waals surface area contributed by atoms with Crippen LogP contribution in [0.1, 0.15) is 36.0 Å². The molecule has 1 aliphatic rings. The molecule has 0 atom stereocenters. The predicted molar refractivity (Wildman–Crippen MR) is 73.9 cm³/mol.